The first-order chi connectivity index (χ1) is 10.9. The van der Waals surface area contributed by atoms with Crippen molar-refractivity contribution < 1.29 is 8.42 Å². The summed E-state index contributed by atoms with van der Waals surface area (Å²) in [6.07, 6.45) is 2.55. The molecule has 5 nitrogen and oxygen atoms in total. The summed E-state index contributed by atoms with van der Waals surface area (Å²) >= 11 is 0. The topological polar surface area (TPSA) is 62.3 Å². The Balaban J connectivity index is 1.89. The highest BCUT2D eigenvalue weighted by Gasteiger charge is 2.29. The van der Waals surface area contributed by atoms with Crippen molar-refractivity contribution in [3.05, 3.63) is 36.0 Å². The Morgan fingerprint density at radius 2 is 2.13 bits per heavy atom. The normalized spacial score (nSPS) is 19.7. The van der Waals surface area contributed by atoms with Crippen molar-refractivity contribution >= 4 is 20.9 Å². The number of hydrogen-bond acceptors (Lipinski definition) is 4. The van der Waals surface area contributed by atoms with Gasteiger partial charge in [0.25, 0.3) is 0 Å². The van der Waals surface area contributed by atoms with E-state index >= 15 is 0 Å². The van der Waals surface area contributed by atoms with Gasteiger partial charge in [0.05, 0.1) is 5.52 Å². The first-order valence-corrected chi connectivity index (χ1v) is 9.47. The molecule has 0 amide bonds. The van der Waals surface area contributed by atoms with Crippen molar-refractivity contribution in [3.63, 3.8) is 0 Å². The molecular formula is C17H23N3O2S. The van der Waals surface area contributed by atoms with Gasteiger partial charge in [-0.05, 0) is 44.9 Å². The Morgan fingerprint density at radius 1 is 1.35 bits per heavy atom. The molecule has 1 fully saturated rings. The fourth-order valence-corrected chi connectivity index (χ4v) is 4.54. The predicted molar refractivity (Wildman–Crippen MR) is 91.9 cm³/mol. The number of rotatable bonds is 4. The zero-order valence-corrected chi connectivity index (χ0v) is 14.6. The lowest BCUT2D eigenvalue weighted by Crippen LogP contribution is -2.38. The molecule has 0 radical (unpaired) electrons. The number of fused-ring (bicyclic) bond motifs is 1. The molecule has 23 heavy (non-hydrogen) atoms. The number of nitrogens with one attached hydrogen (secondary N) is 1. The molecule has 124 valence electrons. The van der Waals surface area contributed by atoms with Gasteiger partial charge < -0.3 is 0 Å². The van der Waals surface area contributed by atoms with E-state index in [2.05, 4.69) is 28.5 Å². The van der Waals surface area contributed by atoms with Gasteiger partial charge >= 0.3 is 0 Å². The quantitative estimate of drug-likeness (QED) is 0.932. The van der Waals surface area contributed by atoms with E-state index in [-0.39, 0.29) is 10.9 Å². The van der Waals surface area contributed by atoms with E-state index in [1.165, 1.54) is 0 Å². The molecule has 0 aliphatic carbocycles. The van der Waals surface area contributed by atoms with Gasteiger partial charge in [-0.3, -0.25) is 9.88 Å². The van der Waals surface area contributed by atoms with Crippen LogP contribution in [0.4, 0.5) is 0 Å². The van der Waals surface area contributed by atoms with E-state index in [9.17, 15) is 8.42 Å². The average molecular weight is 333 g/mol. The Hall–Kier alpha value is -1.50. The minimum absolute atomic E-state index is 0.0388. The SMILES string of the molecule is Cc1cnc2c(S(=O)(=O)NC3CCN(C(C)C)C3)cccc2c1. The summed E-state index contributed by atoms with van der Waals surface area (Å²) in [6.45, 7) is 7.90. The van der Waals surface area contributed by atoms with Crippen LogP contribution in [0, 0.1) is 6.92 Å². The van der Waals surface area contributed by atoms with Crippen LogP contribution in [-0.2, 0) is 10.0 Å². The van der Waals surface area contributed by atoms with Gasteiger partial charge in [-0.15, -0.1) is 0 Å². The highest BCUT2D eigenvalue weighted by molar-refractivity contribution is 7.89. The molecule has 1 unspecified atom stereocenters. The number of pyridine rings is 1. The van der Waals surface area contributed by atoms with Gasteiger partial charge in [0.15, 0.2) is 0 Å². The van der Waals surface area contributed by atoms with Crippen LogP contribution in [0.15, 0.2) is 35.4 Å². The molecule has 1 N–H and O–H groups in total. The molecular weight excluding hydrogens is 310 g/mol. The third kappa shape index (κ3) is 3.39. The Labute approximate surface area is 137 Å². The monoisotopic (exact) mass is 333 g/mol. The summed E-state index contributed by atoms with van der Waals surface area (Å²) in [5.41, 5.74) is 1.55. The number of aryl methyl sites for hydroxylation is 1. The maximum absolute atomic E-state index is 12.8. The van der Waals surface area contributed by atoms with Crippen molar-refractivity contribution in [2.75, 3.05) is 13.1 Å². The van der Waals surface area contributed by atoms with E-state index in [0.29, 0.717) is 11.6 Å². The van der Waals surface area contributed by atoms with E-state index in [0.717, 1.165) is 30.5 Å². The molecule has 0 spiro atoms. The van der Waals surface area contributed by atoms with Crippen LogP contribution in [0.25, 0.3) is 10.9 Å². The fourth-order valence-electron chi connectivity index (χ4n) is 3.10. The molecule has 1 aliphatic heterocycles. The lowest BCUT2D eigenvalue weighted by molar-refractivity contribution is 0.271. The third-order valence-electron chi connectivity index (χ3n) is 4.37. The van der Waals surface area contributed by atoms with Crippen LogP contribution in [0.2, 0.25) is 0 Å². The highest BCUT2D eigenvalue weighted by atomic mass is 32.2. The smallest absolute Gasteiger partial charge is 0.243 e. The second-order valence-corrected chi connectivity index (χ2v) is 8.22. The molecule has 1 aromatic carbocycles. The largest absolute Gasteiger partial charge is 0.299 e. The van der Waals surface area contributed by atoms with Gasteiger partial charge in [-0.1, -0.05) is 12.1 Å². The lowest BCUT2D eigenvalue weighted by atomic mass is 10.2. The Morgan fingerprint density at radius 3 is 2.83 bits per heavy atom. The Kier molecular flexibility index (Phi) is 4.40. The molecule has 2 heterocycles. The number of likely N-dealkylation sites (tertiary alicyclic amines) is 1. The van der Waals surface area contributed by atoms with Crippen molar-refractivity contribution in [1.29, 1.82) is 0 Å². The Bertz CT molecular complexity index is 818. The maximum Gasteiger partial charge on any atom is 0.243 e. The predicted octanol–water partition coefficient (Wildman–Crippen LogP) is 2.30. The molecule has 0 saturated carbocycles. The summed E-state index contributed by atoms with van der Waals surface area (Å²) in [4.78, 5) is 6.89. The number of aromatic nitrogens is 1. The minimum Gasteiger partial charge on any atom is -0.299 e. The first-order valence-electron chi connectivity index (χ1n) is 7.98. The number of benzene rings is 1. The van der Waals surface area contributed by atoms with Gasteiger partial charge in [0.2, 0.25) is 10.0 Å². The number of sulfonamides is 1. The van der Waals surface area contributed by atoms with E-state index in [4.69, 9.17) is 0 Å². The van der Waals surface area contributed by atoms with E-state index in [1.54, 1.807) is 18.3 Å². The zero-order chi connectivity index (χ0) is 16.6. The fraction of sp³-hybridized carbons (Fsp3) is 0.471. The number of para-hydroxylation sites is 1. The first kappa shape index (κ1) is 16.4. The van der Waals surface area contributed by atoms with Gasteiger partial charge in [0.1, 0.15) is 4.90 Å². The zero-order valence-electron chi connectivity index (χ0n) is 13.8. The van der Waals surface area contributed by atoms with Crippen LogP contribution in [0.1, 0.15) is 25.8 Å². The van der Waals surface area contributed by atoms with Gasteiger partial charge in [-0.2, -0.15) is 0 Å². The molecule has 3 rings (SSSR count). The molecule has 6 heteroatoms. The number of nitrogens with zero attached hydrogens (tertiary/aromatic N) is 2. The average Bonchev–Trinajstić information content (AvgIpc) is 2.94. The van der Waals surface area contributed by atoms with Gasteiger partial charge in [-0.25, -0.2) is 13.1 Å². The third-order valence-corrected chi connectivity index (χ3v) is 5.92. The van der Waals surface area contributed by atoms with Crippen molar-refractivity contribution in [1.82, 2.24) is 14.6 Å². The van der Waals surface area contributed by atoms with Crippen LogP contribution >= 0.6 is 0 Å². The van der Waals surface area contributed by atoms with Gasteiger partial charge in [0, 0.05) is 36.8 Å². The van der Waals surface area contributed by atoms with Crippen LogP contribution in [-0.4, -0.2) is 43.5 Å². The van der Waals surface area contributed by atoms with Crippen molar-refractivity contribution in [3.8, 4) is 0 Å². The summed E-state index contributed by atoms with van der Waals surface area (Å²) in [7, 11) is -3.57. The molecule has 0 bridgehead atoms. The standard InChI is InChI=1S/C17H23N3O2S/c1-12(2)20-8-7-15(11-20)19-23(21,22)16-6-4-5-14-9-13(3)10-18-17(14)16/h4-6,9-10,12,15,19H,7-8,11H2,1-3H3. The van der Waals surface area contributed by atoms with Crippen molar-refractivity contribution in [2.45, 2.75) is 44.2 Å². The van der Waals surface area contributed by atoms with E-state index in [1.807, 2.05) is 19.1 Å². The molecule has 1 aliphatic rings. The molecule has 1 saturated heterocycles. The second kappa shape index (κ2) is 6.19. The number of hydrogen-bond donors (Lipinski definition) is 1. The van der Waals surface area contributed by atoms with Crippen molar-refractivity contribution in [2.24, 2.45) is 0 Å². The van der Waals surface area contributed by atoms with Crippen LogP contribution in [0.5, 0.6) is 0 Å². The lowest BCUT2D eigenvalue weighted by Gasteiger charge is -2.20. The maximum atomic E-state index is 12.8. The minimum atomic E-state index is -3.57. The molecule has 1 atom stereocenters. The molecule has 1 aromatic heterocycles. The second-order valence-electron chi connectivity index (χ2n) is 6.54. The summed E-state index contributed by atoms with van der Waals surface area (Å²) in [5, 5.41) is 0.850. The molecule has 2 aromatic rings. The summed E-state index contributed by atoms with van der Waals surface area (Å²) in [6, 6.07) is 7.65. The van der Waals surface area contributed by atoms with Crippen LogP contribution in [0.3, 0.4) is 0 Å². The summed E-state index contributed by atoms with van der Waals surface area (Å²) < 4.78 is 28.4. The highest BCUT2D eigenvalue weighted by Crippen LogP contribution is 2.23. The van der Waals surface area contributed by atoms with E-state index < -0.39 is 10.0 Å². The summed E-state index contributed by atoms with van der Waals surface area (Å²) in [5.74, 6) is 0. The van der Waals surface area contributed by atoms with Crippen LogP contribution < -0.4 is 4.72 Å².